The standard InChI is InChI=1S/C13H21BrN4O2S/c1-8-3-9(2)5-11(4-8)18-21(19,20)12-6-10(14)7-16-13(12)17-15/h6-9,11,18H,3-5,15H2,1-2H3,(H,16,17). The number of hydrogen-bond donors (Lipinski definition) is 3. The fourth-order valence-corrected chi connectivity index (χ4v) is 4.95. The summed E-state index contributed by atoms with van der Waals surface area (Å²) in [6.07, 6.45) is 4.36. The highest BCUT2D eigenvalue weighted by Crippen LogP contribution is 2.30. The van der Waals surface area contributed by atoms with Crippen molar-refractivity contribution in [3.8, 4) is 0 Å². The van der Waals surface area contributed by atoms with Crippen molar-refractivity contribution in [1.82, 2.24) is 9.71 Å². The predicted molar refractivity (Wildman–Crippen MR) is 86.0 cm³/mol. The van der Waals surface area contributed by atoms with Crippen molar-refractivity contribution in [2.45, 2.75) is 44.0 Å². The Balaban J connectivity index is 2.24. The maximum atomic E-state index is 12.6. The first kappa shape index (κ1) is 16.7. The summed E-state index contributed by atoms with van der Waals surface area (Å²) in [5.74, 6) is 6.54. The van der Waals surface area contributed by atoms with Gasteiger partial charge in [-0.3, -0.25) is 0 Å². The molecule has 1 aliphatic carbocycles. The maximum Gasteiger partial charge on any atom is 0.244 e. The van der Waals surface area contributed by atoms with Gasteiger partial charge in [0.05, 0.1) is 0 Å². The third-order valence-electron chi connectivity index (χ3n) is 3.75. The lowest BCUT2D eigenvalue weighted by Gasteiger charge is -2.31. The van der Waals surface area contributed by atoms with Gasteiger partial charge in [0.25, 0.3) is 0 Å². The van der Waals surface area contributed by atoms with E-state index in [-0.39, 0.29) is 16.8 Å². The van der Waals surface area contributed by atoms with E-state index in [0.29, 0.717) is 16.3 Å². The zero-order valence-electron chi connectivity index (χ0n) is 12.1. The zero-order valence-corrected chi connectivity index (χ0v) is 14.5. The SMILES string of the molecule is CC1CC(C)CC(NS(=O)(=O)c2cc(Br)cnc2NN)C1. The van der Waals surface area contributed by atoms with Crippen molar-refractivity contribution in [2.75, 3.05) is 5.43 Å². The third kappa shape index (κ3) is 4.15. The Morgan fingerprint density at radius 3 is 2.48 bits per heavy atom. The molecule has 1 aromatic heterocycles. The van der Waals surface area contributed by atoms with Gasteiger partial charge in [-0.2, -0.15) is 0 Å². The number of halogens is 1. The van der Waals surface area contributed by atoms with E-state index >= 15 is 0 Å². The lowest BCUT2D eigenvalue weighted by molar-refractivity contribution is 0.257. The highest BCUT2D eigenvalue weighted by Gasteiger charge is 2.29. The van der Waals surface area contributed by atoms with Crippen LogP contribution < -0.4 is 16.0 Å². The van der Waals surface area contributed by atoms with Crippen molar-refractivity contribution < 1.29 is 8.42 Å². The first-order valence-corrected chi connectivity index (χ1v) is 9.24. The smallest absolute Gasteiger partial charge is 0.244 e. The summed E-state index contributed by atoms with van der Waals surface area (Å²) in [6.45, 7) is 4.31. The van der Waals surface area contributed by atoms with Gasteiger partial charge in [0.15, 0.2) is 5.82 Å². The van der Waals surface area contributed by atoms with E-state index in [2.05, 4.69) is 44.9 Å². The Bertz CT molecular complexity index is 598. The van der Waals surface area contributed by atoms with Crippen molar-refractivity contribution in [1.29, 1.82) is 0 Å². The van der Waals surface area contributed by atoms with Crippen LogP contribution in [0, 0.1) is 11.8 Å². The Morgan fingerprint density at radius 1 is 1.29 bits per heavy atom. The van der Waals surface area contributed by atoms with Gasteiger partial charge in [0.1, 0.15) is 4.90 Å². The van der Waals surface area contributed by atoms with Crippen molar-refractivity contribution in [3.63, 3.8) is 0 Å². The monoisotopic (exact) mass is 376 g/mol. The molecule has 4 N–H and O–H groups in total. The van der Waals surface area contributed by atoms with Crippen molar-refractivity contribution in [2.24, 2.45) is 17.7 Å². The summed E-state index contributed by atoms with van der Waals surface area (Å²) in [7, 11) is -3.66. The second kappa shape index (κ2) is 6.60. The Kier molecular flexibility index (Phi) is 5.24. The van der Waals surface area contributed by atoms with E-state index < -0.39 is 10.0 Å². The van der Waals surface area contributed by atoms with E-state index in [9.17, 15) is 8.42 Å². The molecule has 2 unspecified atom stereocenters. The summed E-state index contributed by atoms with van der Waals surface area (Å²) in [6, 6.07) is 1.46. The van der Waals surface area contributed by atoms with Gasteiger partial charge < -0.3 is 5.43 Å². The minimum Gasteiger partial charge on any atom is -0.307 e. The number of nitrogens with zero attached hydrogens (tertiary/aromatic N) is 1. The molecule has 0 aliphatic heterocycles. The van der Waals surface area contributed by atoms with E-state index in [4.69, 9.17) is 5.84 Å². The second-order valence-electron chi connectivity index (χ2n) is 5.88. The van der Waals surface area contributed by atoms with Crippen molar-refractivity contribution in [3.05, 3.63) is 16.7 Å². The van der Waals surface area contributed by atoms with Gasteiger partial charge in [0, 0.05) is 16.7 Å². The highest BCUT2D eigenvalue weighted by molar-refractivity contribution is 9.10. The molecule has 6 nitrogen and oxygen atoms in total. The van der Waals surface area contributed by atoms with Gasteiger partial charge in [-0.1, -0.05) is 13.8 Å². The summed E-state index contributed by atoms with van der Waals surface area (Å²) in [5.41, 5.74) is 2.33. The van der Waals surface area contributed by atoms with E-state index in [1.54, 1.807) is 0 Å². The molecule has 0 spiro atoms. The summed E-state index contributed by atoms with van der Waals surface area (Å²) < 4.78 is 28.5. The quantitative estimate of drug-likeness (QED) is 0.552. The molecule has 2 atom stereocenters. The fraction of sp³-hybridized carbons (Fsp3) is 0.615. The zero-order chi connectivity index (χ0) is 15.6. The first-order chi connectivity index (χ1) is 9.81. The molecule has 1 aromatic rings. The second-order valence-corrected chi connectivity index (χ2v) is 8.48. The molecular formula is C13H21BrN4O2S. The molecule has 21 heavy (non-hydrogen) atoms. The van der Waals surface area contributed by atoms with Crippen LogP contribution in [0.2, 0.25) is 0 Å². The molecule has 1 aliphatic rings. The van der Waals surface area contributed by atoms with Crippen LogP contribution in [0.5, 0.6) is 0 Å². The number of hydrogen-bond acceptors (Lipinski definition) is 5. The van der Waals surface area contributed by atoms with Gasteiger partial charge in [-0.05, 0) is 53.1 Å². The van der Waals surface area contributed by atoms with Gasteiger partial charge in [0.2, 0.25) is 10.0 Å². The molecule has 118 valence electrons. The topological polar surface area (TPSA) is 97.1 Å². The van der Waals surface area contributed by atoms with Crippen LogP contribution in [0.15, 0.2) is 21.6 Å². The molecule has 2 rings (SSSR count). The Morgan fingerprint density at radius 2 is 1.90 bits per heavy atom. The van der Waals surface area contributed by atoms with Gasteiger partial charge in [-0.15, -0.1) is 0 Å². The molecule has 0 bridgehead atoms. The average molecular weight is 377 g/mol. The molecular weight excluding hydrogens is 356 g/mol. The third-order valence-corrected chi connectivity index (χ3v) is 5.71. The number of nitrogens with two attached hydrogens (primary N) is 1. The number of nitrogen functional groups attached to an aromatic ring is 1. The first-order valence-electron chi connectivity index (χ1n) is 6.96. The Hall–Kier alpha value is -0.700. The summed E-state index contributed by atoms with van der Waals surface area (Å²) in [4.78, 5) is 4.04. The van der Waals surface area contributed by atoms with Crippen molar-refractivity contribution >= 4 is 31.8 Å². The maximum absolute atomic E-state index is 12.6. The normalized spacial score (nSPS) is 26.6. The van der Waals surface area contributed by atoms with Crippen LogP contribution in [-0.2, 0) is 10.0 Å². The van der Waals surface area contributed by atoms with Crippen LogP contribution in [0.25, 0.3) is 0 Å². The molecule has 0 amide bonds. The number of anilines is 1. The number of hydrazine groups is 1. The molecule has 1 saturated carbocycles. The number of rotatable bonds is 4. The van der Waals surface area contributed by atoms with E-state index in [1.165, 1.54) is 12.3 Å². The summed E-state index contributed by atoms with van der Waals surface area (Å²) >= 11 is 3.24. The molecule has 1 fully saturated rings. The van der Waals surface area contributed by atoms with Gasteiger partial charge >= 0.3 is 0 Å². The largest absolute Gasteiger partial charge is 0.307 e. The minimum atomic E-state index is -3.66. The van der Waals surface area contributed by atoms with Crippen LogP contribution in [0.3, 0.4) is 0 Å². The van der Waals surface area contributed by atoms with E-state index in [1.807, 2.05) is 0 Å². The number of aromatic nitrogens is 1. The van der Waals surface area contributed by atoms with E-state index in [0.717, 1.165) is 19.3 Å². The molecule has 1 heterocycles. The lowest BCUT2D eigenvalue weighted by Crippen LogP contribution is -2.40. The number of sulfonamides is 1. The lowest BCUT2D eigenvalue weighted by atomic mass is 9.81. The Labute approximate surface area is 134 Å². The van der Waals surface area contributed by atoms with Crippen LogP contribution in [0.1, 0.15) is 33.1 Å². The fourth-order valence-electron chi connectivity index (χ4n) is 3.06. The molecule has 0 aromatic carbocycles. The van der Waals surface area contributed by atoms with Crippen LogP contribution in [-0.4, -0.2) is 19.4 Å². The van der Waals surface area contributed by atoms with Crippen LogP contribution >= 0.6 is 15.9 Å². The van der Waals surface area contributed by atoms with Gasteiger partial charge in [-0.25, -0.2) is 24.0 Å². The molecule has 8 heteroatoms. The van der Waals surface area contributed by atoms with Crippen LogP contribution in [0.4, 0.5) is 5.82 Å². The minimum absolute atomic E-state index is 0.0432. The summed E-state index contributed by atoms with van der Waals surface area (Å²) in [5, 5.41) is 0. The molecule has 0 radical (unpaired) electrons. The average Bonchev–Trinajstić information content (AvgIpc) is 2.36. The predicted octanol–water partition coefficient (Wildman–Crippen LogP) is 2.23. The highest BCUT2D eigenvalue weighted by atomic mass is 79.9. The number of nitrogens with one attached hydrogen (secondary N) is 2. The molecule has 0 saturated heterocycles. The number of pyridine rings is 1.